The summed E-state index contributed by atoms with van der Waals surface area (Å²) in [6.07, 6.45) is 7.76. The molecule has 0 aromatic carbocycles. The third kappa shape index (κ3) is 13.2. The van der Waals surface area contributed by atoms with Crippen LogP contribution in [0.5, 0.6) is 0 Å². The molecule has 238 valence electrons. The molecule has 0 aliphatic heterocycles. The van der Waals surface area contributed by atoms with Crippen molar-refractivity contribution >= 4 is 48.3 Å². The molecule has 4 rings (SSSR count). The van der Waals surface area contributed by atoms with Crippen LogP contribution >= 0.6 is 20.4 Å². The van der Waals surface area contributed by atoms with Gasteiger partial charge in [-0.3, -0.25) is 19.9 Å². The van der Waals surface area contributed by atoms with Crippen LogP contribution in [0.15, 0.2) is 85.5 Å². The van der Waals surface area contributed by atoms with E-state index in [4.69, 9.17) is 10.5 Å². The van der Waals surface area contributed by atoms with E-state index in [1.807, 2.05) is 59.6 Å². The zero-order chi connectivity index (χ0) is 33.2. The SMILES string of the molecule is CC(C)[SiH](c1ccc(-c2ccccn2)nc1)C(C)C.CC(C)[SiH](c1ccc(-c2ccccn2)nc1)C(C)C.N#C[S][Fe][S]C#N. The van der Waals surface area contributed by atoms with Gasteiger partial charge >= 0.3 is 54.4 Å². The van der Waals surface area contributed by atoms with Crippen LogP contribution in [0, 0.1) is 21.3 Å². The number of hydrogen-bond donors (Lipinski definition) is 0. The first-order valence-electron chi connectivity index (χ1n) is 15.1. The Kier molecular flexibility index (Phi) is 18.0. The summed E-state index contributed by atoms with van der Waals surface area (Å²) in [5, 5.41) is 22.4. The van der Waals surface area contributed by atoms with Gasteiger partial charge in [0.15, 0.2) is 0 Å². The number of rotatable bonds is 10. The molecule has 4 heterocycles. The van der Waals surface area contributed by atoms with Crippen LogP contribution in [0.2, 0.25) is 22.2 Å². The summed E-state index contributed by atoms with van der Waals surface area (Å²) in [7, 11) is 0.285. The van der Waals surface area contributed by atoms with Crippen molar-refractivity contribution in [1.82, 2.24) is 19.9 Å². The molecular weight excluding hydrogens is 669 g/mol. The Morgan fingerprint density at radius 1 is 0.533 bits per heavy atom. The van der Waals surface area contributed by atoms with Gasteiger partial charge in [0.2, 0.25) is 0 Å². The minimum atomic E-state index is -0.936. The molecule has 0 radical (unpaired) electrons. The van der Waals surface area contributed by atoms with Crippen LogP contribution in [0.1, 0.15) is 55.4 Å². The van der Waals surface area contributed by atoms with Crippen molar-refractivity contribution in [2.45, 2.75) is 77.6 Å². The Labute approximate surface area is 286 Å². The van der Waals surface area contributed by atoms with Crippen LogP contribution in [-0.4, -0.2) is 37.5 Å². The molecule has 0 aliphatic rings. The first kappa shape index (κ1) is 38.4. The van der Waals surface area contributed by atoms with Gasteiger partial charge in [-0.15, -0.1) is 0 Å². The molecule has 45 heavy (non-hydrogen) atoms. The molecule has 0 spiro atoms. The monoisotopic (exact) mass is 712 g/mol. The molecule has 4 aromatic heterocycles. The van der Waals surface area contributed by atoms with E-state index in [9.17, 15) is 0 Å². The average molecular weight is 713 g/mol. The molecule has 0 saturated carbocycles. The predicted octanol–water partition coefficient (Wildman–Crippen LogP) is 8.12. The molecule has 0 atom stereocenters. The van der Waals surface area contributed by atoms with E-state index in [-0.39, 0.29) is 0 Å². The fraction of sp³-hybridized carbons (Fsp3) is 0.353. The van der Waals surface area contributed by atoms with E-state index >= 15 is 0 Å². The van der Waals surface area contributed by atoms with Gasteiger partial charge < -0.3 is 0 Å². The Morgan fingerprint density at radius 3 is 1.13 bits per heavy atom. The van der Waals surface area contributed by atoms with E-state index in [1.165, 1.54) is 10.4 Å². The Balaban J connectivity index is 0.000000260. The normalized spacial score (nSPS) is 10.8. The van der Waals surface area contributed by atoms with Crippen molar-refractivity contribution in [1.29, 1.82) is 10.5 Å². The van der Waals surface area contributed by atoms with E-state index in [0.29, 0.717) is 12.7 Å². The third-order valence-corrected chi connectivity index (χ3v) is 18.0. The molecule has 0 fully saturated rings. The summed E-state index contributed by atoms with van der Waals surface area (Å²) >= 11 is 0.549. The van der Waals surface area contributed by atoms with Crippen molar-refractivity contribution in [3.63, 3.8) is 0 Å². The number of thiocyanates is 2. The number of hydrogen-bond acceptors (Lipinski definition) is 8. The quantitative estimate of drug-likeness (QED) is 0.0924. The zero-order valence-corrected chi connectivity index (χ0v) is 32.4. The fourth-order valence-electron chi connectivity index (χ4n) is 5.66. The van der Waals surface area contributed by atoms with Gasteiger partial charge in [0, 0.05) is 24.8 Å². The van der Waals surface area contributed by atoms with Gasteiger partial charge in [-0.05, 0) is 68.9 Å². The standard InChI is InChI=1S/2C16H22N2Si.2CHNS.Fe/c2*1-12(2)19(13(3)4)14-8-9-16(18-11-14)15-7-5-6-10-17-15;2*2-1-3;/h2*5-13,19H,1-4H3;2*3H;/q;;;;+2/p-2. The number of aromatic nitrogens is 4. The summed E-state index contributed by atoms with van der Waals surface area (Å²) < 4.78 is 0. The predicted molar refractivity (Wildman–Crippen MR) is 195 cm³/mol. The van der Waals surface area contributed by atoms with Crippen molar-refractivity contribution < 1.29 is 12.7 Å². The minimum absolute atomic E-state index is 0.549. The fourth-order valence-corrected chi connectivity index (χ4v) is 14.4. The molecule has 0 aliphatic carbocycles. The molecule has 11 heteroatoms. The van der Waals surface area contributed by atoms with Crippen molar-refractivity contribution in [2.75, 3.05) is 0 Å². The van der Waals surface area contributed by atoms with Crippen LogP contribution < -0.4 is 10.4 Å². The Morgan fingerprint density at radius 2 is 0.889 bits per heavy atom. The van der Waals surface area contributed by atoms with Crippen LogP contribution in [0.4, 0.5) is 0 Å². The van der Waals surface area contributed by atoms with E-state index in [1.54, 1.807) is 0 Å². The number of nitrogens with zero attached hydrogens (tertiary/aromatic N) is 6. The van der Waals surface area contributed by atoms with Gasteiger partial charge in [-0.1, -0.05) is 79.7 Å². The molecule has 4 aromatic rings. The Hall–Kier alpha value is -2.77. The van der Waals surface area contributed by atoms with Gasteiger partial charge in [-0.2, -0.15) is 0 Å². The molecule has 0 N–H and O–H groups in total. The first-order valence-corrected chi connectivity index (χ1v) is 23.0. The molecule has 0 bridgehead atoms. The number of pyridine rings is 4. The number of nitriles is 2. The summed E-state index contributed by atoms with van der Waals surface area (Å²) in [6, 6.07) is 20.6. The second-order valence-corrected chi connectivity index (χ2v) is 24.7. The second-order valence-electron chi connectivity index (χ2n) is 11.8. The van der Waals surface area contributed by atoms with Crippen molar-refractivity contribution in [3.8, 4) is 33.6 Å². The van der Waals surface area contributed by atoms with Crippen molar-refractivity contribution in [2.24, 2.45) is 0 Å². The molecule has 6 nitrogen and oxygen atoms in total. The summed E-state index contributed by atoms with van der Waals surface area (Å²) in [5.41, 5.74) is 6.88. The summed E-state index contributed by atoms with van der Waals surface area (Å²) in [4.78, 5) is 17.9. The molecule has 0 unspecified atom stereocenters. The maximum atomic E-state index is 7.88. The van der Waals surface area contributed by atoms with Crippen molar-refractivity contribution in [3.05, 3.63) is 85.5 Å². The van der Waals surface area contributed by atoms with Gasteiger partial charge in [-0.25, -0.2) is 0 Å². The molecule has 0 saturated heterocycles. The summed E-state index contributed by atoms with van der Waals surface area (Å²) in [5.74, 6) is 0. The van der Waals surface area contributed by atoms with Crippen LogP contribution in [0.3, 0.4) is 0 Å². The maximum absolute atomic E-state index is 7.88. The van der Waals surface area contributed by atoms with Crippen LogP contribution in [0.25, 0.3) is 22.8 Å². The van der Waals surface area contributed by atoms with Gasteiger partial charge in [0.25, 0.3) is 0 Å². The average Bonchev–Trinajstić information content (AvgIpc) is 3.03. The van der Waals surface area contributed by atoms with Crippen LogP contribution in [-0.2, 0) is 12.7 Å². The first-order chi connectivity index (χ1) is 21.6. The Bertz CT molecular complexity index is 1330. The molecule has 0 amide bonds. The van der Waals surface area contributed by atoms with E-state index in [2.05, 4.69) is 112 Å². The second kappa shape index (κ2) is 21.1. The summed E-state index contributed by atoms with van der Waals surface area (Å²) in [6.45, 7) is 18.7. The van der Waals surface area contributed by atoms with Gasteiger partial charge in [0.05, 0.1) is 40.4 Å². The van der Waals surface area contributed by atoms with Gasteiger partial charge in [0.1, 0.15) is 0 Å². The van der Waals surface area contributed by atoms with E-state index in [0.717, 1.165) is 65.3 Å². The topological polar surface area (TPSA) is 99.1 Å². The third-order valence-electron chi connectivity index (χ3n) is 7.19. The van der Waals surface area contributed by atoms with E-state index < -0.39 is 17.6 Å². The molecular formula is C34H44FeN6S2Si2. The zero-order valence-electron chi connectivity index (χ0n) is 27.4.